The number of carbonyl (C=O) groups excluding carboxylic acids is 1. The van der Waals surface area contributed by atoms with Gasteiger partial charge in [0.1, 0.15) is 11.9 Å². The highest BCUT2D eigenvalue weighted by Gasteiger charge is 2.30. The van der Waals surface area contributed by atoms with Gasteiger partial charge in [0, 0.05) is 51.0 Å². The first kappa shape index (κ1) is 18.4. The lowest BCUT2D eigenvalue weighted by molar-refractivity contribution is 0.0584. The second-order valence-electron chi connectivity index (χ2n) is 7.08. The number of aliphatic hydroxyl groups is 1. The Morgan fingerprint density at radius 2 is 2.08 bits per heavy atom. The monoisotopic (exact) mass is 357 g/mol. The molecule has 1 fully saturated rings. The molecule has 1 aliphatic heterocycles. The predicted octanol–water partition coefficient (Wildman–Crippen LogP) is 2.09. The zero-order chi connectivity index (χ0) is 18.7. The van der Waals surface area contributed by atoms with Crippen molar-refractivity contribution in [1.82, 2.24) is 24.8 Å². The number of imidazole rings is 1. The van der Waals surface area contributed by atoms with Crippen LogP contribution in [0.3, 0.4) is 0 Å². The Labute approximate surface area is 154 Å². The first-order valence-electron chi connectivity index (χ1n) is 9.06. The van der Waals surface area contributed by atoms with E-state index >= 15 is 0 Å². The smallest absolute Gasteiger partial charge is 0.317 e. The Kier molecular flexibility index (Phi) is 5.56. The molecule has 26 heavy (non-hydrogen) atoms. The van der Waals surface area contributed by atoms with Crippen LogP contribution in [0, 0.1) is 19.8 Å². The van der Waals surface area contributed by atoms with Gasteiger partial charge in [-0.2, -0.15) is 0 Å². The van der Waals surface area contributed by atoms with E-state index in [2.05, 4.69) is 15.3 Å². The number of nitrogens with one attached hydrogen (secondary N) is 1. The summed E-state index contributed by atoms with van der Waals surface area (Å²) in [4.78, 5) is 22.8. The molecule has 0 bridgehead atoms. The van der Waals surface area contributed by atoms with Crippen LogP contribution in [0.15, 0.2) is 24.7 Å². The predicted molar refractivity (Wildman–Crippen MR) is 98.4 cm³/mol. The zero-order valence-electron chi connectivity index (χ0n) is 15.6. The number of likely N-dealkylation sites (tertiary alicyclic amines) is 1. The fraction of sp³-hybridized carbons (Fsp3) is 0.526. The third kappa shape index (κ3) is 4.04. The first-order valence-corrected chi connectivity index (χ1v) is 9.06. The summed E-state index contributed by atoms with van der Waals surface area (Å²) in [5, 5.41) is 13.5. The molecule has 7 nitrogen and oxygen atoms in total. The molecule has 2 N–H and O–H groups in total. The maximum absolute atomic E-state index is 12.4. The van der Waals surface area contributed by atoms with Crippen LogP contribution in [0.4, 0.5) is 4.79 Å². The quantitative estimate of drug-likeness (QED) is 0.878. The van der Waals surface area contributed by atoms with Crippen molar-refractivity contribution < 1.29 is 9.90 Å². The van der Waals surface area contributed by atoms with E-state index in [4.69, 9.17) is 0 Å². The van der Waals surface area contributed by atoms with Crippen molar-refractivity contribution in [3.8, 4) is 0 Å². The Morgan fingerprint density at radius 1 is 1.35 bits per heavy atom. The molecule has 2 amide bonds. The Bertz CT molecular complexity index is 765. The van der Waals surface area contributed by atoms with Gasteiger partial charge in [0.2, 0.25) is 0 Å². The minimum atomic E-state index is -0.582. The van der Waals surface area contributed by atoms with Gasteiger partial charge >= 0.3 is 6.03 Å². The van der Waals surface area contributed by atoms with E-state index in [0.717, 1.165) is 29.7 Å². The number of carbonyl (C=O) groups is 1. The van der Waals surface area contributed by atoms with Crippen LogP contribution in [-0.2, 0) is 13.6 Å². The molecular weight excluding hydrogens is 330 g/mol. The molecule has 0 aliphatic carbocycles. The third-order valence-electron chi connectivity index (χ3n) is 5.18. The number of urea groups is 1. The molecule has 1 atom stereocenters. The molecule has 0 spiro atoms. The normalized spacial score (nSPS) is 16.5. The van der Waals surface area contributed by atoms with Gasteiger partial charge in [0.25, 0.3) is 0 Å². The molecule has 2 aromatic heterocycles. The molecule has 0 saturated carbocycles. The fourth-order valence-electron chi connectivity index (χ4n) is 3.48. The van der Waals surface area contributed by atoms with Gasteiger partial charge in [0.05, 0.1) is 0 Å². The molecular formula is C19H27N5O2. The number of hydrogen-bond donors (Lipinski definition) is 2. The summed E-state index contributed by atoms with van der Waals surface area (Å²) in [6.45, 7) is 5.75. The van der Waals surface area contributed by atoms with Crippen LogP contribution in [0.2, 0.25) is 0 Å². The van der Waals surface area contributed by atoms with E-state index < -0.39 is 6.10 Å². The molecule has 0 unspecified atom stereocenters. The second-order valence-corrected chi connectivity index (χ2v) is 7.08. The maximum atomic E-state index is 12.4. The number of hydrogen-bond acceptors (Lipinski definition) is 4. The molecule has 1 aliphatic rings. The van der Waals surface area contributed by atoms with Crippen molar-refractivity contribution in [2.45, 2.75) is 39.3 Å². The fourth-order valence-corrected chi connectivity index (χ4v) is 3.48. The SMILES string of the molecule is Cc1cc(C)c(CNC(=O)N2CCC([C@@H](O)c3nccn3C)CC2)cn1. The number of aromatic nitrogens is 3. The van der Waals surface area contributed by atoms with Crippen LogP contribution < -0.4 is 5.32 Å². The summed E-state index contributed by atoms with van der Waals surface area (Å²) < 4.78 is 1.85. The summed E-state index contributed by atoms with van der Waals surface area (Å²) in [6.07, 6.45) is 6.31. The number of piperidine rings is 1. The lowest BCUT2D eigenvalue weighted by Gasteiger charge is -2.34. The highest BCUT2D eigenvalue weighted by Crippen LogP contribution is 2.29. The van der Waals surface area contributed by atoms with Crippen LogP contribution in [-0.4, -0.2) is 43.7 Å². The van der Waals surface area contributed by atoms with E-state index in [0.29, 0.717) is 25.5 Å². The third-order valence-corrected chi connectivity index (χ3v) is 5.18. The van der Waals surface area contributed by atoms with Crippen LogP contribution in [0.5, 0.6) is 0 Å². The van der Waals surface area contributed by atoms with Gasteiger partial charge < -0.3 is 19.9 Å². The Hall–Kier alpha value is -2.41. The minimum absolute atomic E-state index is 0.0603. The van der Waals surface area contributed by atoms with E-state index in [1.165, 1.54) is 0 Å². The van der Waals surface area contributed by atoms with Crippen molar-refractivity contribution in [1.29, 1.82) is 0 Å². The van der Waals surface area contributed by atoms with Gasteiger partial charge in [-0.3, -0.25) is 4.98 Å². The average molecular weight is 357 g/mol. The molecule has 7 heteroatoms. The molecule has 2 aromatic rings. The number of aryl methyl sites for hydroxylation is 3. The van der Waals surface area contributed by atoms with Gasteiger partial charge in [-0.05, 0) is 49.8 Å². The summed E-state index contributed by atoms with van der Waals surface area (Å²) in [7, 11) is 1.88. The maximum Gasteiger partial charge on any atom is 0.317 e. The number of aliphatic hydroxyl groups excluding tert-OH is 1. The largest absolute Gasteiger partial charge is 0.385 e. The molecule has 140 valence electrons. The summed E-state index contributed by atoms with van der Waals surface area (Å²) in [5.74, 6) is 0.818. The van der Waals surface area contributed by atoms with Crippen LogP contribution in [0.1, 0.15) is 41.6 Å². The van der Waals surface area contributed by atoms with Crippen molar-refractivity contribution in [3.63, 3.8) is 0 Å². The molecule has 3 rings (SSSR count). The van der Waals surface area contributed by atoms with Gasteiger partial charge in [-0.15, -0.1) is 0 Å². The summed E-state index contributed by atoms with van der Waals surface area (Å²) in [5.41, 5.74) is 3.14. The summed E-state index contributed by atoms with van der Waals surface area (Å²) in [6, 6.07) is 1.96. The molecule has 0 aromatic carbocycles. The molecule has 1 saturated heterocycles. The minimum Gasteiger partial charge on any atom is -0.385 e. The summed E-state index contributed by atoms with van der Waals surface area (Å²) >= 11 is 0. The molecule has 0 radical (unpaired) electrons. The second kappa shape index (κ2) is 7.86. The topological polar surface area (TPSA) is 83.3 Å². The highest BCUT2D eigenvalue weighted by atomic mass is 16.3. The lowest BCUT2D eigenvalue weighted by atomic mass is 9.91. The van der Waals surface area contributed by atoms with E-state index in [1.54, 1.807) is 6.20 Å². The van der Waals surface area contributed by atoms with E-state index in [9.17, 15) is 9.90 Å². The van der Waals surface area contributed by atoms with Gasteiger partial charge in [-0.25, -0.2) is 9.78 Å². The number of pyridine rings is 1. The van der Waals surface area contributed by atoms with E-state index in [-0.39, 0.29) is 11.9 Å². The van der Waals surface area contributed by atoms with Crippen molar-refractivity contribution in [3.05, 3.63) is 47.3 Å². The highest BCUT2D eigenvalue weighted by molar-refractivity contribution is 5.74. The number of amides is 2. The van der Waals surface area contributed by atoms with Crippen LogP contribution >= 0.6 is 0 Å². The Balaban J connectivity index is 1.50. The van der Waals surface area contributed by atoms with Gasteiger partial charge in [-0.1, -0.05) is 0 Å². The van der Waals surface area contributed by atoms with Crippen molar-refractivity contribution in [2.24, 2.45) is 13.0 Å². The van der Waals surface area contributed by atoms with Crippen molar-refractivity contribution in [2.75, 3.05) is 13.1 Å². The Morgan fingerprint density at radius 3 is 2.69 bits per heavy atom. The number of rotatable bonds is 4. The average Bonchev–Trinajstić information content (AvgIpc) is 3.06. The lowest BCUT2D eigenvalue weighted by Crippen LogP contribution is -2.45. The molecule has 3 heterocycles. The van der Waals surface area contributed by atoms with Gasteiger partial charge in [0.15, 0.2) is 0 Å². The van der Waals surface area contributed by atoms with E-state index in [1.807, 2.05) is 48.8 Å². The zero-order valence-corrected chi connectivity index (χ0v) is 15.6. The van der Waals surface area contributed by atoms with Crippen LogP contribution in [0.25, 0.3) is 0 Å². The first-order chi connectivity index (χ1) is 12.5. The number of nitrogens with zero attached hydrogens (tertiary/aromatic N) is 4. The van der Waals surface area contributed by atoms with Crippen molar-refractivity contribution >= 4 is 6.03 Å². The standard InChI is InChI=1S/C19H27N5O2/c1-13-10-14(2)21-11-16(13)12-22-19(26)24-7-4-15(5-8-24)17(25)18-20-6-9-23(18)3/h6,9-11,15,17,25H,4-5,7-8,12H2,1-3H3,(H,22,26)/t17-/m1/s1.